The van der Waals surface area contributed by atoms with Crippen molar-refractivity contribution in [1.82, 2.24) is 4.90 Å². The van der Waals surface area contributed by atoms with Gasteiger partial charge in [-0.15, -0.1) is 0 Å². The fourth-order valence-electron chi connectivity index (χ4n) is 5.41. The second kappa shape index (κ2) is 5.04. The second-order valence-electron chi connectivity index (χ2n) is 7.74. The lowest BCUT2D eigenvalue weighted by Gasteiger charge is -2.37. The van der Waals surface area contributed by atoms with Gasteiger partial charge in [-0.25, -0.2) is 4.79 Å². The highest BCUT2D eigenvalue weighted by Gasteiger charge is 2.67. The summed E-state index contributed by atoms with van der Waals surface area (Å²) in [5, 5.41) is 9.71. The van der Waals surface area contributed by atoms with E-state index in [0.29, 0.717) is 11.8 Å². The van der Waals surface area contributed by atoms with Gasteiger partial charge in [0.15, 0.2) is 0 Å². The largest absolute Gasteiger partial charge is 0.480 e. The van der Waals surface area contributed by atoms with Gasteiger partial charge in [0.25, 0.3) is 0 Å². The van der Waals surface area contributed by atoms with E-state index in [1.54, 1.807) is 0 Å². The van der Waals surface area contributed by atoms with Gasteiger partial charge in [0.05, 0.1) is 11.8 Å². The number of benzene rings is 1. The maximum absolute atomic E-state index is 13.0. The molecule has 1 aromatic rings. The summed E-state index contributed by atoms with van der Waals surface area (Å²) in [4.78, 5) is 39.0. The van der Waals surface area contributed by atoms with Gasteiger partial charge in [0, 0.05) is 6.42 Å². The molecule has 1 heterocycles. The van der Waals surface area contributed by atoms with Crippen LogP contribution in [-0.2, 0) is 20.8 Å². The van der Waals surface area contributed by atoms with Gasteiger partial charge in [0.1, 0.15) is 6.04 Å². The molecular formula is C20H19NO4. The first kappa shape index (κ1) is 14.9. The van der Waals surface area contributed by atoms with E-state index < -0.39 is 12.0 Å². The molecule has 7 atom stereocenters. The Morgan fingerprint density at radius 1 is 1.04 bits per heavy atom. The standard InChI is InChI=1S/C20H19NO4/c22-18-16-11-6-7-12(14-9-13(11)14)17(16)19(23)21(18)15(20(24)25)8-10-4-2-1-3-5-10/h1-7,11-17H,8-9H2,(H,24,25)/t11-,12-,13-,14+,15-,16+,17+/m1/s1. The predicted molar refractivity (Wildman–Crippen MR) is 88.1 cm³/mol. The Kier molecular flexibility index (Phi) is 3.00. The first-order valence-electron chi connectivity index (χ1n) is 8.90. The number of carboxylic acid groups (broad SMARTS) is 1. The SMILES string of the molecule is O=C(O)[C@@H](Cc1ccccc1)N1C(=O)[C@H]2[C@@H]3C=C[C@H]([C@@H]4C[C@H]34)[C@@H]2C1=O. The minimum atomic E-state index is -1.12. The maximum atomic E-state index is 13.0. The van der Waals surface area contributed by atoms with Crippen LogP contribution in [0.2, 0.25) is 0 Å². The average Bonchev–Trinajstić information content (AvgIpc) is 3.39. The minimum Gasteiger partial charge on any atom is -0.480 e. The summed E-state index contributed by atoms with van der Waals surface area (Å²) in [5.74, 6) is -1.08. The molecule has 5 heteroatoms. The molecule has 5 aliphatic rings. The Bertz CT molecular complexity index is 765. The van der Waals surface area contributed by atoms with E-state index in [2.05, 4.69) is 12.2 Å². The molecule has 2 amide bonds. The van der Waals surface area contributed by atoms with Crippen LogP contribution in [0.3, 0.4) is 0 Å². The van der Waals surface area contributed by atoms with Gasteiger partial charge in [-0.1, -0.05) is 42.5 Å². The molecule has 1 aromatic carbocycles. The van der Waals surface area contributed by atoms with Gasteiger partial charge in [-0.05, 0) is 35.7 Å². The number of carboxylic acids is 1. The van der Waals surface area contributed by atoms with Crippen molar-refractivity contribution < 1.29 is 19.5 Å². The van der Waals surface area contributed by atoms with Gasteiger partial charge in [-0.3, -0.25) is 14.5 Å². The topological polar surface area (TPSA) is 74.7 Å². The van der Waals surface area contributed by atoms with E-state index in [0.717, 1.165) is 16.9 Å². The third-order valence-electron chi connectivity index (χ3n) is 6.57. The van der Waals surface area contributed by atoms with E-state index >= 15 is 0 Å². The lowest BCUT2D eigenvalue weighted by atomic mass is 9.63. The zero-order valence-corrected chi connectivity index (χ0v) is 13.6. The molecule has 2 saturated carbocycles. The smallest absolute Gasteiger partial charge is 0.327 e. The predicted octanol–water partition coefficient (Wildman–Crippen LogP) is 1.74. The summed E-state index contributed by atoms with van der Waals surface area (Å²) in [6.45, 7) is 0. The first-order chi connectivity index (χ1) is 12.1. The second-order valence-corrected chi connectivity index (χ2v) is 7.74. The van der Waals surface area contributed by atoms with Crippen LogP contribution in [0.25, 0.3) is 0 Å². The van der Waals surface area contributed by atoms with Crippen LogP contribution in [0.15, 0.2) is 42.5 Å². The van der Waals surface area contributed by atoms with Crippen LogP contribution < -0.4 is 0 Å². The number of nitrogens with zero attached hydrogens (tertiary/aromatic N) is 1. The van der Waals surface area contributed by atoms with Crippen LogP contribution >= 0.6 is 0 Å². The number of imide groups is 1. The summed E-state index contributed by atoms with van der Waals surface area (Å²) in [6.07, 6.45) is 5.45. The van der Waals surface area contributed by atoms with Crippen molar-refractivity contribution in [2.75, 3.05) is 0 Å². The lowest BCUT2D eigenvalue weighted by molar-refractivity contribution is -0.155. The van der Waals surface area contributed by atoms with Crippen LogP contribution in [0.5, 0.6) is 0 Å². The number of likely N-dealkylation sites (tertiary alicyclic amines) is 1. The number of aliphatic carboxylic acids is 1. The van der Waals surface area contributed by atoms with Crippen LogP contribution in [-0.4, -0.2) is 33.8 Å². The molecule has 1 aliphatic heterocycles. The van der Waals surface area contributed by atoms with Gasteiger partial charge in [-0.2, -0.15) is 0 Å². The molecule has 0 radical (unpaired) electrons. The number of carbonyl (C=O) groups is 3. The molecule has 0 unspecified atom stereocenters. The van der Waals surface area contributed by atoms with Crippen molar-refractivity contribution in [2.24, 2.45) is 35.5 Å². The molecule has 1 N–H and O–H groups in total. The number of hydrogen-bond donors (Lipinski definition) is 1. The van der Waals surface area contributed by atoms with Crippen molar-refractivity contribution in [1.29, 1.82) is 0 Å². The Labute approximate surface area is 145 Å². The first-order valence-corrected chi connectivity index (χ1v) is 8.90. The Hall–Kier alpha value is -2.43. The fraction of sp³-hybridized carbons (Fsp3) is 0.450. The van der Waals surface area contributed by atoms with Gasteiger partial charge in [0.2, 0.25) is 11.8 Å². The molecule has 4 aliphatic carbocycles. The summed E-state index contributed by atoms with van der Waals surface area (Å²) in [5.41, 5.74) is 0.814. The molecule has 3 fully saturated rings. The highest BCUT2D eigenvalue weighted by molar-refractivity contribution is 6.08. The zero-order chi connectivity index (χ0) is 17.3. The average molecular weight is 337 g/mol. The molecule has 2 bridgehead atoms. The zero-order valence-electron chi connectivity index (χ0n) is 13.6. The van der Waals surface area contributed by atoms with E-state index in [9.17, 15) is 19.5 Å². The van der Waals surface area contributed by atoms with Crippen molar-refractivity contribution >= 4 is 17.8 Å². The quantitative estimate of drug-likeness (QED) is 0.671. The van der Waals surface area contributed by atoms with Crippen molar-refractivity contribution in [2.45, 2.75) is 18.9 Å². The normalized spacial score (nSPS) is 38.5. The van der Waals surface area contributed by atoms with E-state index in [1.807, 2.05) is 30.3 Å². The Morgan fingerprint density at radius 3 is 2.12 bits per heavy atom. The summed E-state index contributed by atoms with van der Waals surface area (Å²) >= 11 is 0. The van der Waals surface area contributed by atoms with E-state index in [4.69, 9.17) is 0 Å². The highest BCUT2D eigenvalue weighted by atomic mass is 16.4. The van der Waals surface area contributed by atoms with E-state index in [-0.39, 0.29) is 41.9 Å². The van der Waals surface area contributed by atoms with Crippen molar-refractivity contribution in [3.8, 4) is 0 Å². The molecule has 128 valence electrons. The summed E-state index contributed by atoms with van der Waals surface area (Å²) < 4.78 is 0. The molecule has 6 rings (SSSR count). The third kappa shape index (κ3) is 1.98. The van der Waals surface area contributed by atoms with Crippen LogP contribution in [0.1, 0.15) is 12.0 Å². The van der Waals surface area contributed by atoms with Crippen molar-refractivity contribution in [3.63, 3.8) is 0 Å². The summed E-state index contributed by atoms with van der Waals surface area (Å²) in [7, 11) is 0. The highest BCUT2D eigenvalue weighted by Crippen LogP contribution is 2.65. The summed E-state index contributed by atoms with van der Waals surface area (Å²) in [6, 6.07) is 8.06. The molecule has 5 nitrogen and oxygen atoms in total. The molecular weight excluding hydrogens is 318 g/mol. The number of hydrogen-bond acceptors (Lipinski definition) is 3. The Balaban J connectivity index is 1.48. The lowest BCUT2D eigenvalue weighted by Crippen LogP contribution is -2.47. The number of carbonyl (C=O) groups excluding carboxylic acids is 2. The minimum absolute atomic E-state index is 0.118. The molecule has 1 saturated heterocycles. The molecule has 0 spiro atoms. The third-order valence-corrected chi connectivity index (χ3v) is 6.57. The molecule has 0 aromatic heterocycles. The fourth-order valence-corrected chi connectivity index (χ4v) is 5.41. The number of rotatable bonds is 4. The van der Waals surface area contributed by atoms with Gasteiger partial charge < -0.3 is 5.11 Å². The van der Waals surface area contributed by atoms with Crippen LogP contribution in [0.4, 0.5) is 0 Å². The van der Waals surface area contributed by atoms with E-state index in [1.165, 1.54) is 0 Å². The maximum Gasteiger partial charge on any atom is 0.327 e. The molecule has 25 heavy (non-hydrogen) atoms. The number of allylic oxidation sites excluding steroid dienone is 2. The van der Waals surface area contributed by atoms with Gasteiger partial charge >= 0.3 is 5.97 Å². The monoisotopic (exact) mass is 337 g/mol. The number of amides is 2. The van der Waals surface area contributed by atoms with Crippen molar-refractivity contribution in [3.05, 3.63) is 48.0 Å². The van der Waals surface area contributed by atoms with Crippen LogP contribution in [0, 0.1) is 35.5 Å². The Morgan fingerprint density at radius 2 is 1.60 bits per heavy atom.